The van der Waals surface area contributed by atoms with Crippen LogP contribution in [-0.2, 0) is 4.79 Å². The van der Waals surface area contributed by atoms with Gasteiger partial charge >= 0.3 is 0 Å². The van der Waals surface area contributed by atoms with Crippen molar-refractivity contribution in [1.82, 2.24) is 9.88 Å². The number of nitrogens with one attached hydrogen (secondary N) is 2. The largest absolute Gasteiger partial charge is 0.390 e. The quantitative estimate of drug-likeness (QED) is 0.682. The number of aromatic amines is 1. The normalized spacial score (nSPS) is 16.8. The lowest BCUT2D eigenvalue weighted by Gasteiger charge is -2.34. The van der Waals surface area contributed by atoms with E-state index in [0.717, 1.165) is 42.3 Å². The second-order valence-electron chi connectivity index (χ2n) is 9.04. The number of H-pyrrole nitrogens is 1. The fourth-order valence-electron chi connectivity index (χ4n) is 3.99. The lowest BCUT2D eigenvalue weighted by molar-refractivity contribution is -0.119. The first kappa shape index (κ1) is 21.4. The SMILES string of the molecule is CCC(C)C(=O)Nc1ccc2[nH]c(C(=O)N3CCC(CC(C)(C)O)CC3)cc2c1. The van der Waals surface area contributed by atoms with Crippen LogP contribution in [0.5, 0.6) is 0 Å². The van der Waals surface area contributed by atoms with E-state index in [1.54, 1.807) is 0 Å². The molecular formula is C23H33N3O3. The van der Waals surface area contributed by atoms with E-state index in [9.17, 15) is 14.7 Å². The average Bonchev–Trinajstić information content (AvgIpc) is 3.09. The molecule has 0 bridgehead atoms. The lowest BCUT2D eigenvalue weighted by atomic mass is 9.86. The molecule has 6 nitrogen and oxygen atoms in total. The molecule has 3 rings (SSSR count). The summed E-state index contributed by atoms with van der Waals surface area (Å²) in [5, 5.41) is 13.9. The Morgan fingerprint density at radius 2 is 1.97 bits per heavy atom. The van der Waals surface area contributed by atoms with Crippen LogP contribution in [0.25, 0.3) is 10.9 Å². The number of aliphatic hydroxyl groups is 1. The minimum Gasteiger partial charge on any atom is -0.390 e. The van der Waals surface area contributed by atoms with Crippen LogP contribution in [0.4, 0.5) is 5.69 Å². The van der Waals surface area contributed by atoms with Gasteiger partial charge in [0.25, 0.3) is 5.91 Å². The van der Waals surface area contributed by atoms with Crippen molar-refractivity contribution in [3.05, 3.63) is 30.0 Å². The van der Waals surface area contributed by atoms with Gasteiger partial charge in [-0.2, -0.15) is 0 Å². The summed E-state index contributed by atoms with van der Waals surface area (Å²) in [6, 6.07) is 7.52. The van der Waals surface area contributed by atoms with Crippen LogP contribution in [0.15, 0.2) is 24.3 Å². The summed E-state index contributed by atoms with van der Waals surface area (Å²) < 4.78 is 0. The van der Waals surface area contributed by atoms with Crippen LogP contribution in [-0.4, -0.2) is 45.5 Å². The van der Waals surface area contributed by atoms with Crippen molar-refractivity contribution in [2.45, 2.75) is 59.0 Å². The molecule has 1 aliphatic rings. The van der Waals surface area contributed by atoms with Gasteiger partial charge < -0.3 is 20.3 Å². The van der Waals surface area contributed by atoms with Crippen molar-refractivity contribution in [1.29, 1.82) is 0 Å². The Kier molecular flexibility index (Phi) is 6.32. The first-order valence-electron chi connectivity index (χ1n) is 10.6. The summed E-state index contributed by atoms with van der Waals surface area (Å²) in [5.41, 5.74) is 1.54. The van der Waals surface area contributed by atoms with Crippen LogP contribution in [0.1, 0.15) is 63.9 Å². The molecule has 3 N–H and O–H groups in total. The highest BCUT2D eigenvalue weighted by atomic mass is 16.3. The zero-order valence-corrected chi connectivity index (χ0v) is 17.9. The Labute approximate surface area is 172 Å². The Bertz CT molecular complexity index is 873. The van der Waals surface area contributed by atoms with Crippen molar-refractivity contribution < 1.29 is 14.7 Å². The number of piperidine rings is 1. The molecule has 158 valence electrons. The number of anilines is 1. The smallest absolute Gasteiger partial charge is 0.270 e. The summed E-state index contributed by atoms with van der Waals surface area (Å²) in [4.78, 5) is 30.1. The van der Waals surface area contributed by atoms with Gasteiger partial charge in [0.05, 0.1) is 5.60 Å². The molecule has 2 heterocycles. The maximum Gasteiger partial charge on any atom is 0.270 e. The molecule has 0 saturated carbocycles. The predicted octanol–water partition coefficient (Wildman–Crippen LogP) is 4.17. The van der Waals surface area contributed by atoms with Crippen LogP contribution in [0.2, 0.25) is 0 Å². The number of carbonyl (C=O) groups excluding carboxylic acids is 2. The zero-order valence-electron chi connectivity index (χ0n) is 17.9. The fraction of sp³-hybridized carbons (Fsp3) is 0.565. The molecule has 1 saturated heterocycles. The van der Waals surface area contributed by atoms with Crippen molar-refractivity contribution in [2.24, 2.45) is 11.8 Å². The molecule has 6 heteroatoms. The number of hydrogen-bond donors (Lipinski definition) is 3. The van der Waals surface area contributed by atoms with Gasteiger partial charge in [0.2, 0.25) is 5.91 Å². The molecule has 0 aliphatic carbocycles. The number of hydrogen-bond acceptors (Lipinski definition) is 3. The number of fused-ring (bicyclic) bond motifs is 1. The Hall–Kier alpha value is -2.34. The third-order valence-corrected chi connectivity index (χ3v) is 5.87. The highest BCUT2D eigenvalue weighted by Crippen LogP contribution is 2.27. The summed E-state index contributed by atoms with van der Waals surface area (Å²) >= 11 is 0. The highest BCUT2D eigenvalue weighted by Gasteiger charge is 2.28. The van der Waals surface area contributed by atoms with E-state index >= 15 is 0 Å². The van der Waals surface area contributed by atoms with E-state index in [1.165, 1.54) is 0 Å². The summed E-state index contributed by atoms with van der Waals surface area (Å²) in [6.45, 7) is 9.01. The summed E-state index contributed by atoms with van der Waals surface area (Å²) in [7, 11) is 0. The van der Waals surface area contributed by atoms with Crippen molar-refractivity contribution >= 4 is 28.4 Å². The van der Waals surface area contributed by atoms with Gasteiger partial charge in [-0.25, -0.2) is 0 Å². The highest BCUT2D eigenvalue weighted by molar-refractivity contribution is 6.00. The van der Waals surface area contributed by atoms with E-state index < -0.39 is 5.60 Å². The molecule has 1 fully saturated rings. The van der Waals surface area contributed by atoms with Crippen LogP contribution >= 0.6 is 0 Å². The van der Waals surface area contributed by atoms with Gasteiger partial charge in [0, 0.05) is 35.6 Å². The van der Waals surface area contributed by atoms with Crippen LogP contribution in [0, 0.1) is 11.8 Å². The minimum absolute atomic E-state index is 0.00705. The van der Waals surface area contributed by atoms with Crippen molar-refractivity contribution in [3.63, 3.8) is 0 Å². The zero-order chi connectivity index (χ0) is 21.2. The molecule has 1 atom stereocenters. The third-order valence-electron chi connectivity index (χ3n) is 5.87. The molecule has 1 aliphatic heterocycles. The van der Waals surface area contributed by atoms with E-state index in [4.69, 9.17) is 0 Å². The van der Waals surface area contributed by atoms with E-state index in [1.807, 2.05) is 56.9 Å². The van der Waals surface area contributed by atoms with Gasteiger partial charge in [-0.3, -0.25) is 9.59 Å². The fourth-order valence-corrected chi connectivity index (χ4v) is 3.99. The molecule has 1 aromatic heterocycles. The van der Waals surface area contributed by atoms with Crippen molar-refractivity contribution in [3.8, 4) is 0 Å². The topological polar surface area (TPSA) is 85.4 Å². The average molecular weight is 400 g/mol. The summed E-state index contributed by atoms with van der Waals surface area (Å²) in [6.07, 6.45) is 3.40. The third kappa shape index (κ3) is 5.38. The molecule has 1 unspecified atom stereocenters. The number of carbonyl (C=O) groups is 2. The maximum atomic E-state index is 12.9. The number of nitrogens with zero attached hydrogens (tertiary/aromatic N) is 1. The van der Waals surface area contributed by atoms with Gasteiger partial charge in [-0.05, 0) is 69.7 Å². The molecule has 1 aromatic carbocycles. The second-order valence-corrected chi connectivity index (χ2v) is 9.04. The molecule has 2 aromatic rings. The van der Waals surface area contributed by atoms with E-state index in [0.29, 0.717) is 24.7 Å². The first-order chi connectivity index (χ1) is 13.7. The standard InChI is InChI=1S/C23H33N3O3/c1-5-15(2)21(27)24-18-6-7-19-17(12-18)13-20(25-19)22(28)26-10-8-16(9-11-26)14-23(3,4)29/h6-7,12-13,15-16,25,29H,5,8-11,14H2,1-4H3,(H,24,27). The van der Waals surface area contributed by atoms with Crippen LogP contribution in [0.3, 0.4) is 0 Å². The lowest BCUT2D eigenvalue weighted by Crippen LogP contribution is -2.40. The number of rotatable bonds is 6. The molecular weight excluding hydrogens is 366 g/mol. The van der Waals surface area contributed by atoms with Gasteiger partial charge in [-0.1, -0.05) is 13.8 Å². The Morgan fingerprint density at radius 1 is 1.28 bits per heavy atom. The Balaban J connectivity index is 1.66. The number of amides is 2. The number of likely N-dealkylation sites (tertiary alicyclic amines) is 1. The van der Waals surface area contributed by atoms with E-state index in [-0.39, 0.29) is 17.7 Å². The monoisotopic (exact) mass is 399 g/mol. The first-order valence-corrected chi connectivity index (χ1v) is 10.6. The Morgan fingerprint density at radius 3 is 2.59 bits per heavy atom. The van der Waals surface area contributed by atoms with Gasteiger partial charge in [0.15, 0.2) is 0 Å². The molecule has 0 spiro atoms. The van der Waals surface area contributed by atoms with Crippen LogP contribution < -0.4 is 5.32 Å². The maximum absolute atomic E-state index is 12.9. The number of benzene rings is 1. The molecule has 29 heavy (non-hydrogen) atoms. The minimum atomic E-state index is -0.657. The van der Waals surface area contributed by atoms with Gasteiger partial charge in [-0.15, -0.1) is 0 Å². The summed E-state index contributed by atoms with van der Waals surface area (Å²) in [5.74, 6) is 0.438. The number of aromatic nitrogens is 1. The van der Waals surface area contributed by atoms with E-state index in [2.05, 4.69) is 10.3 Å². The second kappa shape index (κ2) is 8.57. The van der Waals surface area contributed by atoms with Gasteiger partial charge in [0.1, 0.15) is 5.69 Å². The van der Waals surface area contributed by atoms with Crippen molar-refractivity contribution in [2.75, 3.05) is 18.4 Å². The predicted molar refractivity (Wildman–Crippen MR) is 116 cm³/mol. The molecule has 0 radical (unpaired) electrons. The molecule has 2 amide bonds.